The maximum absolute atomic E-state index is 11.8. The molecule has 0 atom stereocenters. The van der Waals surface area contributed by atoms with Crippen LogP contribution in [0.25, 0.3) is 17.2 Å². The smallest absolute Gasteiger partial charge is 0.331 e. The first-order valence-electron chi connectivity index (χ1n) is 7.76. The van der Waals surface area contributed by atoms with Crippen molar-refractivity contribution >= 4 is 40.4 Å². The van der Waals surface area contributed by atoms with Gasteiger partial charge in [-0.3, -0.25) is 14.9 Å². The normalized spacial score (nSPS) is 10.8. The number of oxazole rings is 1. The van der Waals surface area contributed by atoms with Crippen LogP contribution in [0.5, 0.6) is 0 Å². The molecule has 1 heterocycles. The molecule has 9 nitrogen and oxygen atoms in total. The fourth-order valence-corrected chi connectivity index (χ4v) is 2.18. The lowest BCUT2D eigenvalue weighted by atomic mass is 10.3. The molecule has 9 heteroatoms. The second kappa shape index (κ2) is 7.91. The molecule has 0 fully saturated rings. The fourth-order valence-electron chi connectivity index (χ4n) is 2.18. The number of esters is 1. The summed E-state index contributed by atoms with van der Waals surface area (Å²) in [6.45, 7) is -0.542. The minimum Gasteiger partial charge on any atom is -0.452 e. The van der Waals surface area contributed by atoms with Crippen molar-refractivity contribution in [2.24, 2.45) is 0 Å². The van der Waals surface area contributed by atoms with Crippen LogP contribution in [0.15, 0.2) is 59.0 Å². The molecule has 0 saturated heterocycles. The highest BCUT2D eigenvalue weighted by Gasteiger charge is 2.10. The highest BCUT2D eigenvalue weighted by atomic mass is 16.6. The summed E-state index contributed by atoms with van der Waals surface area (Å²) < 4.78 is 10.2. The molecule has 0 saturated carbocycles. The van der Waals surface area contributed by atoms with Gasteiger partial charge in [0.05, 0.1) is 4.92 Å². The molecule has 0 unspecified atom stereocenters. The maximum Gasteiger partial charge on any atom is 0.331 e. The monoisotopic (exact) mass is 367 g/mol. The number of carbonyl (C=O) groups is 2. The molecular weight excluding hydrogens is 354 g/mol. The van der Waals surface area contributed by atoms with E-state index in [1.807, 2.05) is 6.07 Å². The number of nitro groups is 1. The predicted octanol–water partition coefficient (Wildman–Crippen LogP) is 2.93. The Hall–Kier alpha value is -4.01. The minimum absolute atomic E-state index is 0.161. The zero-order chi connectivity index (χ0) is 19.2. The zero-order valence-corrected chi connectivity index (χ0v) is 13.8. The van der Waals surface area contributed by atoms with Crippen molar-refractivity contribution in [2.75, 3.05) is 11.9 Å². The number of benzene rings is 2. The van der Waals surface area contributed by atoms with Crippen molar-refractivity contribution in [1.82, 2.24) is 4.98 Å². The number of rotatable bonds is 6. The third-order valence-corrected chi connectivity index (χ3v) is 3.36. The molecule has 0 spiro atoms. The van der Waals surface area contributed by atoms with Crippen LogP contribution in [0.2, 0.25) is 0 Å². The van der Waals surface area contributed by atoms with E-state index in [2.05, 4.69) is 10.3 Å². The van der Waals surface area contributed by atoms with Gasteiger partial charge in [-0.15, -0.1) is 0 Å². The molecule has 0 bridgehead atoms. The molecule has 1 amide bonds. The van der Waals surface area contributed by atoms with Crippen LogP contribution in [0.1, 0.15) is 5.89 Å². The largest absolute Gasteiger partial charge is 0.452 e. The van der Waals surface area contributed by atoms with Gasteiger partial charge in [0, 0.05) is 30.0 Å². The van der Waals surface area contributed by atoms with Gasteiger partial charge in [0.1, 0.15) is 5.52 Å². The zero-order valence-electron chi connectivity index (χ0n) is 13.8. The van der Waals surface area contributed by atoms with E-state index in [4.69, 9.17) is 9.15 Å². The Kier molecular flexibility index (Phi) is 5.22. The van der Waals surface area contributed by atoms with E-state index in [-0.39, 0.29) is 17.3 Å². The Morgan fingerprint density at radius 2 is 2.04 bits per heavy atom. The van der Waals surface area contributed by atoms with Gasteiger partial charge in [0.2, 0.25) is 5.89 Å². The molecule has 0 aliphatic carbocycles. The van der Waals surface area contributed by atoms with Crippen molar-refractivity contribution in [3.05, 3.63) is 70.6 Å². The second-order valence-electron chi connectivity index (χ2n) is 5.32. The first kappa shape index (κ1) is 17.8. The minimum atomic E-state index is -0.758. The van der Waals surface area contributed by atoms with Crippen molar-refractivity contribution < 1.29 is 23.7 Å². The lowest BCUT2D eigenvalue weighted by molar-refractivity contribution is -0.384. The van der Waals surface area contributed by atoms with Gasteiger partial charge in [-0.05, 0) is 18.2 Å². The molecule has 0 aliphatic heterocycles. The molecule has 0 radical (unpaired) electrons. The van der Waals surface area contributed by atoms with Gasteiger partial charge in [-0.1, -0.05) is 18.2 Å². The summed E-state index contributed by atoms with van der Waals surface area (Å²) in [5, 5.41) is 13.1. The van der Waals surface area contributed by atoms with Crippen molar-refractivity contribution in [3.63, 3.8) is 0 Å². The second-order valence-corrected chi connectivity index (χ2v) is 5.32. The van der Waals surface area contributed by atoms with Crippen LogP contribution in [-0.4, -0.2) is 28.4 Å². The number of fused-ring (bicyclic) bond motifs is 1. The van der Waals surface area contributed by atoms with Crippen LogP contribution in [0.3, 0.4) is 0 Å². The number of para-hydroxylation sites is 2. The Labute approximate surface area is 152 Å². The van der Waals surface area contributed by atoms with Gasteiger partial charge < -0.3 is 14.5 Å². The van der Waals surface area contributed by atoms with Crippen molar-refractivity contribution in [2.45, 2.75) is 0 Å². The van der Waals surface area contributed by atoms with Crippen LogP contribution in [-0.2, 0) is 14.3 Å². The van der Waals surface area contributed by atoms with Crippen LogP contribution in [0, 0.1) is 10.1 Å². The van der Waals surface area contributed by atoms with E-state index in [0.29, 0.717) is 11.1 Å². The summed E-state index contributed by atoms with van der Waals surface area (Å²) in [5.41, 5.74) is 1.31. The average molecular weight is 367 g/mol. The maximum atomic E-state index is 11.8. The SMILES string of the molecule is O=C(COC(=O)/C=C/c1nc2ccccc2o1)Nc1cccc([N+](=O)[O-])c1. The summed E-state index contributed by atoms with van der Waals surface area (Å²) in [6, 6.07) is 12.5. The first-order chi connectivity index (χ1) is 13.0. The summed E-state index contributed by atoms with van der Waals surface area (Å²) >= 11 is 0. The van der Waals surface area contributed by atoms with E-state index < -0.39 is 23.4 Å². The number of hydrogen-bond acceptors (Lipinski definition) is 7. The summed E-state index contributed by atoms with van der Waals surface area (Å²) in [7, 11) is 0. The van der Waals surface area contributed by atoms with Crippen LogP contribution < -0.4 is 5.32 Å². The fraction of sp³-hybridized carbons (Fsp3) is 0.0556. The van der Waals surface area contributed by atoms with Gasteiger partial charge in [0.25, 0.3) is 11.6 Å². The number of aromatic nitrogens is 1. The summed E-state index contributed by atoms with van der Waals surface area (Å²) in [6.07, 6.45) is 2.42. The molecule has 2 aromatic carbocycles. The first-order valence-corrected chi connectivity index (χ1v) is 7.76. The van der Waals surface area contributed by atoms with Gasteiger partial charge in [0.15, 0.2) is 12.2 Å². The summed E-state index contributed by atoms with van der Waals surface area (Å²) in [4.78, 5) is 37.7. The highest BCUT2D eigenvalue weighted by Crippen LogP contribution is 2.17. The quantitative estimate of drug-likeness (QED) is 0.307. The van der Waals surface area contributed by atoms with Gasteiger partial charge >= 0.3 is 5.97 Å². The summed E-state index contributed by atoms with van der Waals surface area (Å²) in [5.74, 6) is -1.15. The van der Waals surface area contributed by atoms with E-state index in [0.717, 1.165) is 6.08 Å². The topological polar surface area (TPSA) is 125 Å². The van der Waals surface area contributed by atoms with Crippen LogP contribution >= 0.6 is 0 Å². The Balaban J connectivity index is 1.51. The highest BCUT2D eigenvalue weighted by molar-refractivity contribution is 5.94. The number of nitro benzene ring substituents is 1. The Morgan fingerprint density at radius 3 is 2.81 bits per heavy atom. The number of nitrogens with one attached hydrogen (secondary N) is 1. The number of amides is 1. The molecule has 1 N–H and O–H groups in total. The standard InChI is InChI=1S/C18H13N3O6/c22-16(19-12-4-3-5-13(10-12)21(24)25)11-26-18(23)9-8-17-20-14-6-1-2-7-15(14)27-17/h1-10H,11H2,(H,19,22)/b9-8+. The number of hydrogen-bond donors (Lipinski definition) is 1. The van der Waals surface area contributed by atoms with Gasteiger partial charge in [-0.2, -0.15) is 0 Å². The Morgan fingerprint density at radius 1 is 1.22 bits per heavy atom. The molecule has 1 aromatic heterocycles. The number of anilines is 1. The Bertz CT molecular complexity index is 1010. The number of nitrogens with zero attached hydrogens (tertiary/aromatic N) is 2. The van der Waals surface area contributed by atoms with Crippen LogP contribution in [0.4, 0.5) is 11.4 Å². The molecule has 3 rings (SSSR count). The lowest BCUT2D eigenvalue weighted by Crippen LogP contribution is -2.20. The average Bonchev–Trinajstić information content (AvgIpc) is 3.08. The molecule has 3 aromatic rings. The van der Waals surface area contributed by atoms with Crippen molar-refractivity contribution in [1.29, 1.82) is 0 Å². The third-order valence-electron chi connectivity index (χ3n) is 3.36. The van der Waals surface area contributed by atoms with Gasteiger partial charge in [-0.25, -0.2) is 9.78 Å². The van der Waals surface area contributed by atoms with E-state index in [1.165, 1.54) is 30.3 Å². The molecule has 0 aliphatic rings. The van der Waals surface area contributed by atoms with E-state index >= 15 is 0 Å². The van der Waals surface area contributed by atoms with Crippen molar-refractivity contribution in [3.8, 4) is 0 Å². The predicted molar refractivity (Wildman–Crippen MR) is 95.7 cm³/mol. The molecule has 136 valence electrons. The third kappa shape index (κ3) is 4.75. The van der Waals surface area contributed by atoms with E-state index in [1.54, 1.807) is 18.2 Å². The number of non-ortho nitro benzene ring substituents is 1. The lowest BCUT2D eigenvalue weighted by Gasteiger charge is -2.05. The number of ether oxygens (including phenoxy) is 1. The number of carbonyl (C=O) groups excluding carboxylic acids is 2. The van der Waals surface area contributed by atoms with E-state index in [9.17, 15) is 19.7 Å². The molecule has 27 heavy (non-hydrogen) atoms. The molecular formula is C18H13N3O6.